The van der Waals surface area contributed by atoms with Crippen LogP contribution >= 0.6 is 38.9 Å². The Kier molecular flexibility index (Phi) is 5.67. The minimum Gasteiger partial charge on any atom is -0.306 e. The topological polar surface area (TPSA) is 12.0 Å². The van der Waals surface area contributed by atoms with Crippen LogP contribution in [0.2, 0.25) is 5.02 Å². The first kappa shape index (κ1) is 16.0. The van der Waals surface area contributed by atoms with Crippen molar-refractivity contribution in [2.75, 3.05) is 6.54 Å². The molecule has 0 spiro atoms. The molecule has 2 aromatic rings. The highest BCUT2D eigenvalue weighted by atomic mass is 79.9. The summed E-state index contributed by atoms with van der Waals surface area (Å²) in [6, 6.07) is 8.60. The van der Waals surface area contributed by atoms with Gasteiger partial charge < -0.3 is 5.32 Å². The molecule has 0 aliphatic rings. The fourth-order valence-electron chi connectivity index (χ4n) is 2.38. The quantitative estimate of drug-likeness (QED) is 0.692. The molecule has 0 bridgehead atoms. The van der Waals surface area contributed by atoms with E-state index in [-0.39, 0.29) is 6.04 Å². The summed E-state index contributed by atoms with van der Waals surface area (Å²) in [7, 11) is 0. The monoisotopic (exact) mass is 371 g/mol. The van der Waals surface area contributed by atoms with Gasteiger partial charge in [-0.2, -0.15) is 0 Å². The number of benzene rings is 1. The molecule has 20 heavy (non-hydrogen) atoms. The van der Waals surface area contributed by atoms with Crippen LogP contribution in [0.25, 0.3) is 0 Å². The van der Waals surface area contributed by atoms with E-state index < -0.39 is 0 Å². The van der Waals surface area contributed by atoms with Gasteiger partial charge in [0.1, 0.15) is 0 Å². The van der Waals surface area contributed by atoms with E-state index in [0.717, 1.165) is 18.0 Å². The van der Waals surface area contributed by atoms with E-state index in [1.54, 1.807) is 11.3 Å². The first-order valence-corrected chi connectivity index (χ1v) is 8.77. The molecular weight excluding hydrogens is 354 g/mol. The van der Waals surface area contributed by atoms with E-state index in [2.05, 4.69) is 54.2 Å². The molecule has 1 N–H and O–H groups in total. The molecule has 1 aromatic heterocycles. The number of nitrogens with one attached hydrogen (secondary N) is 1. The molecule has 2 rings (SSSR count). The van der Waals surface area contributed by atoms with Gasteiger partial charge in [0.15, 0.2) is 0 Å². The SMILES string of the molecule is CCCNC(c1ccc(Cl)cc1C)c1cc(Br)sc1C. The van der Waals surface area contributed by atoms with Crippen molar-refractivity contribution in [3.05, 3.63) is 54.6 Å². The highest BCUT2D eigenvalue weighted by Gasteiger charge is 2.19. The second kappa shape index (κ2) is 7.08. The Hall–Kier alpha value is -0.350. The molecule has 108 valence electrons. The summed E-state index contributed by atoms with van der Waals surface area (Å²) in [5, 5.41) is 4.45. The average Bonchev–Trinajstić information content (AvgIpc) is 2.71. The van der Waals surface area contributed by atoms with Crippen molar-refractivity contribution in [1.82, 2.24) is 5.32 Å². The third-order valence-electron chi connectivity index (χ3n) is 3.38. The lowest BCUT2D eigenvalue weighted by Gasteiger charge is -2.21. The normalized spacial score (nSPS) is 12.7. The number of hydrogen-bond acceptors (Lipinski definition) is 2. The van der Waals surface area contributed by atoms with Crippen molar-refractivity contribution in [3.8, 4) is 0 Å². The van der Waals surface area contributed by atoms with E-state index in [1.165, 1.54) is 25.4 Å². The Bertz CT molecular complexity index is 594. The lowest BCUT2D eigenvalue weighted by molar-refractivity contribution is 0.596. The number of rotatable bonds is 5. The van der Waals surface area contributed by atoms with Crippen molar-refractivity contribution in [2.45, 2.75) is 33.2 Å². The molecule has 1 heterocycles. The minimum absolute atomic E-state index is 0.231. The summed E-state index contributed by atoms with van der Waals surface area (Å²) in [5.74, 6) is 0. The van der Waals surface area contributed by atoms with Crippen LogP contribution in [0.5, 0.6) is 0 Å². The van der Waals surface area contributed by atoms with Crippen molar-refractivity contribution >= 4 is 38.9 Å². The van der Waals surface area contributed by atoms with Crippen LogP contribution < -0.4 is 5.32 Å². The number of thiophene rings is 1. The van der Waals surface area contributed by atoms with Crippen molar-refractivity contribution in [3.63, 3.8) is 0 Å². The molecule has 0 amide bonds. The number of halogens is 2. The summed E-state index contributed by atoms with van der Waals surface area (Å²) in [4.78, 5) is 1.35. The van der Waals surface area contributed by atoms with Crippen molar-refractivity contribution in [1.29, 1.82) is 0 Å². The molecule has 0 radical (unpaired) electrons. The average molecular weight is 373 g/mol. The fraction of sp³-hybridized carbons (Fsp3) is 0.375. The van der Waals surface area contributed by atoms with Crippen LogP contribution in [0.1, 0.15) is 41.0 Å². The summed E-state index contributed by atoms with van der Waals surface area (Å²) < 4.78 is 1.18. The second-order valence-electron chi connectivity index (χ2n) is 4.95. The van der Waals surface area contributed by atoms with Gasteiger partial charge in [-0.15, -0.1) is 11.3 Å². The third-order valence-corrected chi connectivity index (χ3v) is 5.18. The zero-order chi connectivity index (χ0) is 14.7. The smallest absolute Gasteiger partial charge is 0.0704 e. The van der Waals surface area contributed by atoms with Crippen LogP contribution in [0.3, 0.4) is 0 Å². The summed E-state index contributed by atoms with van der Waals surface area (Å²) in [5.41, 5.74) is 3.88. The maximum atomic E-state index is 6.08. The van der Waals surface area contributed by atoms with Crippen molar-refractivity contribution in [2.24, 2.45) is 0 Å². The molecule has 1 unspecified atom stereocenters. The molecule has 1 nitrogen and oxygen atoms in total. The first-order chi connectivity index (χ1) is 9.52. The number of hydrogen-bond donors (Lipinski definition) is 1. The Balaban J connectivity index is 2.44. The van der Waals surface area contributed by atoms with Gasteiger partial charge in [-0.05, 0) is 77.6 Å². The first-order valence-electron chi connectivity index (χ1n) is 6.78. The zero-order valence-electron chi connectivity index (χ0n) is 12.0. The Morgan fingerprint density at radius 2 is 2.00 bits per heavy atom. The van der Waals surface area contributed by atoms with Gasteiger partial charge in [0.2, 0.25) is 0 Å². The highest BCUT2D eigenvalue weighted by molar-refractivity contribution is 9.11. The van der Waals surface area contributed by atoms with Gasteiger partial charge in [-0.1, -0.05) is 24.6 Å². The Morgan fingerprint density at radius 3 is 2.55 bits per heavy atom. The molecule has 0 saturated carbocycles. The molecule has 0 aliphatic heterocycles. The molecule has 0 fully saturated rings. The summed E-state index contributed by atoms with van der Waals surface area (Å²) in [6.07, 6.45) is 1.12. The molecule has 4 heteroatoms. The summed E-state index contributed by atoms with van der Waals surface area (Å²) >= 11 is 11.5. The Labute approximate surface area is 138 Å². The van der Waals surface area contributed by atoms with E-state index in [1.807, 2.05) is 12.1 Å². The van der Waals surface area contributed by atoms with E-state index in [4.69, 9.17) is 11.6 Å². The lowest BCUT2D eigenvalue weighted by Crippen LogP contribution is -2.24. The lowest BCUT2D eigenvalue weighted by atomic mass is 9.95. The van der Waals surface area contributed by atoms with E-state index in [9.17, 15) is 0 Å². The van der Waals surface area contributed by atoms with Gasteiger partial charge in [-0.25, -0.2) is 0 Å². The van der Waals surface area contributed by atoms with Gasteiger partial charge in [0.25, 0.3) is 0 Å². The second-order valence-corrected chi connectivity index (χ2v) is 8.02. The number of aryl methyl sites for hydroxylation is 2. The van der Waals surface area contributed by atoms with Gasteiger partial charge in [0.05, 0.1) is 9.83 Å². The molecule has 1 atom stereocenters. The van der Waals surface area contributed by atoms with Crippen LogP contribution in [-0.2, 0) is 0 Å². The molecule has 0 saturated heterocycles. The van der Waals surface area contributed by atoms with Gasteiger partial charge in [-0.3, -0.25) is 0 Å². The van der Waals surface area contributed by atoms with Crippen LogP contribution in [-0.4, -0.2) is 6.54 Å². The molecule has 1 aromatic carbocycles. The van der Waals surface area contributed by atoms with Crippen LogP contribution in [0, 0.1) is 13.8 Å². The van der Waals surface area contributed by atoms with Gasteiger partial charge in [0, 0.05) is 9.90 Å². The van der Waals surface area contributed by atoms with Crippen molar-refractivity contribution < 1.29 is 0 Å². The maximum Gasteiger partial charge on any atom is 0.0704 e. The predicted octanol–water partition coefficient (Wildman–Crippen LogP) is 5.87. The highest BCUT2D eigenvalue weighted by Crippen LogP contribution is 2.35. The maximum absolute atomic E-state index is 6.08. The molecular formula is C16H19BrClNS. The largest absolute Gasteiger partial charge is 0.306 e. The van der Waals surface area contributed by atoms with E-state index in [0.29, 0.717) is 0 Å². The zero-order valence-corrected chi connectivity index (χ0v) is 15.1. The third kappa shape index (κ3) is 3.64. The summed E-state index contributed by atoms with van der Waals surface area (Å²) in [6.45, 7) is 7.49. The van der Waals surface area contributed by atoms with Crippen LogP contribution in [0.4, 0.5) is 0 Å². The Morgan fingerprint density at radius 1 is 1.25 bits per heavy atom. The predicted molar refractivity (Wildman–Crippen MR) is 93.1 cm³/mol. The standard InChI is InChI=1S/C16H19BrClNS/c1-4-7-19-16(14-9-15(17)20-11(14)3)13-6-5-12(18)8-10(13)2/h5-6,8-9,16,19H,4,7H2,1-3H3. The van der Waals surface area contributed by atoms with Gasteiger partial charge >= 0.3 is 0 Å². The minimum atomic E-state index is 0.231. The van der Waals surface area contributed by atoms with Crippen LogP contribution in [0.15, 0.2) is 28.1 Å². The molecule has 0 aliphatic carbocycles. The fourth-order valence-corrected chi connectivity index (χ4v) is 4.36. The van der Waals surface area contributed by atoms with E-state index >= 15 is 0 Å².